The fourth-order valence-electron chi connectivity index (χ4n) is 14.7. The molecule has 0 aliphatic heterocycles. The minimum Gasteiger partial charge on any atom is -0.492 e. The number of carbonyl (C=O) groups excluding carboxylic acids is 6. The summed E-state index contributed by atoms with van der Waals surface area (Å²) in [5, 5.41) is 39.0. The first-order valence-electron chi connectivity index (χ1n) is 41.4. The number of rotatable bonds is 33. The maximum atomic E-state index is 14.1. The van der Waals surface area contributed by atoms with Gasteiger partial charge in [0.05, 0.1) is 87.7 Å². The van der Waals surface area contributed by atoms with Gasteiger partial charge in [0.1, 0.15) is 53.8 Å². The van der Waals surface area contributed by atoms with Crippen molar-refractivity contribution in [1.29, 1.82) is 0 Å². The number of hydrogen-bond acceptors (Lipinski definition) is 21. The van der Waals surface area contributed by atoms with Gasteiger partial charge < -0.3 is 43.4 Å². The number of sulfonamides is 3. The number of nitrogens with one attached hydrogen (secondary N) is 6. The SMILES string of the molecule is Cc1cc(C)c(N(Cc2ccccc2)S(=O)(=O)c2ccc(OCCNC(=O)c3cc4ccccc4o3)cc2)c(C(=O)NO)c1.Cc1cc(C)c(N(Cc2ccccc2)S(=O)(=O)c2ccc(OCCNC(=O)c3cc4ccccc4o3)cc2)c(C(=O)NO)c1.Cc1cc(C)c(N(Cc2ccccc2)S(=O)(=O)c2ccc(OCCNC(=O)c3cc4ccccc4o3)cc2)c(C(=O)NO)c1. The smallest absolute Gasteiger partial charge is 0.287 e. The van der Waals surface area contributed by atoms with Gasteiger partial charge in [0.2, 0.25) is 0 Å². The molecule has 33 heteroatoms. The average Bonchev–Trinajstić information content (AvgIpc) is 1.07. The molecule has 0 atom stereocenters. The number of fused-ring (bicyclic) bond motifs is 3. The fourth-order valence-corrected chi connectivity index (χ4v) is 19.3. The number of ether oxygens (including phenoxy) is 3. The molecule has 3 heterocycles. The van der Waals surface area contributed by atoms with Crippen LogP contribution in [0.25, 0.3) is 32.9 Å². The molecule has 30 nitrogen and oxygen atoms in total. The summed E-state index contributed by atoms with van der Waals surface area (Å²) in [6.07, 6.45) is 0. The van der Waals surface area contributed by atoms with Gasteiger partial charge >= 0.3 is 0 Å². The van der Waals surface area contributed by atoms with Crippen molar-refractivity contribution in [3.05, 3.63) is 375 Å². The number of carbonyl (C=O) groups is 6. The summed E-state index contributed by atoms with van der Waals surface area (Å²) >= 11 is 0. The van der Waals surface area contributed by atoms with Gasteiger partial charge in [-0.05, 0) is 219 Å². The number of hydrogen-bond donors (Lipinski definition) is 9. The summed E-state index contributed by atoms with van der Waals surface area (Å²) in [5.41, 5.74) is 13.3. The third kappa shape index (κ3) is 22.8. The second-order valence-corrected chi connectivity index (χ2v) is 36.0. The number of hydroxylamine groups is 3. The highest BCUT2D eigenvalue weighted by atomic mass is 32.2. The molecular formula is C99H93N9O21S3. The van der Waals surface area contributed by atoms with Crippen molar-refractivity contribution in [2.24, 2.45) is 0 Å². The van der Waals surface area contributed by atoms with Crippen LogP contribution in [0.2, 0.25) is 0 Å². The second kappa shape index (κ2) is 42.7. The zero-order valence-corrected chi connectivity index (χ0v) is 74.8. The largest absolute Gasteiger partial charge is 0.492 e. The number of amides is 6. The fraction of sp³-hybridized carbons (Fsp3) is 0.152. The maximum absolute atomic E-state index is 14.1. The lowest BCUT2D eigenvalue weighted by atomic mass is 10.0. The zero-order valence-electron chi connectivity index (χ0n) is 72.3. The molecule has 9 N–H and O–H groups in total. The Hall–Kier alpha value is -15.4. The number of aryl methyl sites for hydroxylation is 6. The van der Waals surface area contributed by atoms with Crippen molar-refractivity contribution in [2.45, 2.75) is 75.9 Å². The molecule has 0 unspecified atom stereocenters. The predicted octanol–water partition coefficient (Wildman–Crippen LogP) is 16.1. The molecule has 0 aliphatic rings. The van der Waals surface area contributed by atoms with Gasteiger partial charge in [0.25, 0.3) is 65.5 Å². The van der Waals surface area contributed by atoms with E-state index < -0.39 is 47.8 Å². The lowest BCUT2D eigenvalue weighted by molar-refractivity contribution is 0.0702. The van der Waals surface area contributed by atoms with Gasteiger partial charge in [-0.2, -0.15) is 0 Å². The van der Waals surface area contributed by atoms with Gasteiger partial charge in [-0.25, -0.2) is 41.7 Å². The summed E-state index contributed by atoms with van der Waals surface area (Å²) in [5.74, 6) is -1.77. The van der Waals surface area contributed by atoms with Crippen molar-refractivity contribution < 1.29 is 97.1 Å². The molecule has 3 aromatic heterocycles. The van der Waals surface area contributed by atoms with E-state index in [4.69, 9.17) is 27.5 Å². The van der Waals surface area contributed by atoms with E-state index in [0.717, 1.165) is 32.8 Å². The highest BCUT2D eigenvalue weighted by molar-refractivity contribution is 7.93. The van der Waals surface area contributed by atoms with Crippen molar-refractivity contribution in [2.75, 3.05) is 52.4 Å². The van der Waals surface area contributed by atoms with E-state index in [9.17, 15) is 69.6 Å². The van der Waals surface area contributed by atoms with Crippen LogP contribution in [0.15, 0.2) is 319 Å². The summed E-state index contributed by atoms with van der Waals surface area (Å²) in [7, 11) is -12.6. The van der Waals surface area contributed by atoms with Crippen LogP contribution in [0.3, 0.4) is 0 Å². The van der Waals surface area contributed by atoms with Crippen molar-refractivity contribution >= 4 is 115 Å². The van der Waals surface area contributed by atoms with Crippen molar-refractivity contribution in [3.8, 4) is 17.2 Å². The van der Waals surface area contributed by atoms with Crippen LogP contribution in [0.4, 0.5) is 17.1 Å². The predicted molar refractivity (Wildman–Crippen MR) is 496 cm³/mol. The standard InChI is InChI=1S/3C33H31N3O7S/c3*1-22-18-23(2)31(28(19-22)32(37)35-39)36(21-24-8-4-3-5-9-24)44(40,41)27-14-12-26(13-15-27)42-17-16-34-33(38)30-20-25-10-6-7-11-29(25)43-30/h3*3-15,18-20,39H,16-17,21H2,1-2H3,(H,34,38)(H,35,37). The Labute approximate surface area is 761 Å². The minimum absolute atomic E-state index is 0.0192. The Bertz CT molecular complexity index is 6280. The average molecular weight is 1840 g/mol. The lowest BCUT2D eigenvalue weighted by Crippen LogP contribution is -2.34. The molecule has 0 radical (unpaired) electrons. The molecule has 0 saturated heterocycles. The van der Waals surface area contributed by atoms with E-state index in [2.05, 4.69) is 16.0 Å². The Morgan fingerprint density at radius 1 is 0.295 bits per heavy atom. The molecule has 15 rings (SSSR count). The molecule has 0 fully saturated rings. The Kier molecular flexibility index (Phi) is 30.5. The highest BCUT2D eigenvalue weighted by Gasteiger charge is 2.35. The molecule has 0 saturated carbocycles. The molecular weight excluding hydrogens is 1750 g/mol. The van der Waals surface area contributed by atoms with Gasteiger partial charge in [-0.1, -0.05) is 164 Å². The molecule has 0 spiro atoms. The molecule has 0 aliphatic carbocycles. The van der Waals surface area contributed by atoms with E-state index in [0.29, 0.717) is 67.4 Å². The van der Waals surface area contributed by atoms with Crippen LogP contribution in [0, 0.1) is 41.5 Å². The number of benzene rings is 12. The van der Waals surface area contributed by atoms with Gasteiger partial charge in [0.15, 0.2) is 17.3 Å². The van der Waals surface area contributed by atoms with Crippen LogP contribution in [-0.2, 0) is 49.7 Å². The quantitative estimate of drug-likeness (QED) is 0.0105. The summed E-state index contributed by atoms with van der Waals surface area (Å²) < 4.78 is 122. The van der Waals surface area contributed by atoms with Crippen LogP contribution < -0.4 is 59.5 Å². The first kappa shape index (κ1) is 94.2. The first-order valence-corrected chi connectivity index (χ1v) is 45.7. The number of para-hydroxylation sites is 3. The molecule has 678 valence electrons. The topological polar surface area (TPSA) is 415 Å². The van der Waals surface area contributed by atoms with E-state index in [1.165, 1.54) is 104 Å². The minimum atomic E-state index is -4.20. The molecule has 6 amide bonds. The van der Waals surface area contributed by atoms with Crippen LogP contribution in [0.5, 0.6) is 17.2 Å². The van der Waals surface area contributed by atoms with E-state index >= 15 is 0 Å². The van der Waals surface area contributed by atoms with Gasteiger partial charge in [-0.3, -0.25) is 57.3 Å². The van der Waals surface area contributed by atoms with E-state index in [-0.39, 0.29) is 143 Å². The third-order valence-electron chi connectivity index (χ3n) is 20.8. The Morgan fingerprint density at radius 2 is 0.530 bits per heavy atom. The summed E-state index contributed by atoms with van der Waals surface area (Å²) in [4.78, 5) is 75.3. The Morgan fingerprint density at radius 3 is 0.765 bits per heavy atom. The van der Waals surface area contributed by atoms with E-state index in [1.54, 1.807) is 185 Å². The highest BCUT2D eigenvalue weighted by Crippen LogP contribution is 2.39. The van der Waals surface area contributed by atoms with Gasteiger partial charge in [0, 0.05) is 16.2 Å². The lowest BCUT2D eigenvalue weighted by Gasteiger charge is -2.28. The normalized spacial score (nSPS) is 11.2. The molecule has 0 bridgehead atoms. The number of nitrogens with zero attached hydrogens (tertiary/aromatic N) is 3. The maximum Gasteiger partial charge on any atom is 0.287 e. The molecule has 15 aromatic rings. The molecule has 12 aromatic carbocycles. The number of furan rings is 3. The second-order valence-electron chi connectivity index (χ2n) is 30.4. The van der Waals surface area contributed by atoms with E-state index in [1.807, 2.05) is 72.8 Å². The summed E-state index contributed by atoms with van der Waals surface area (Å²) in [6, 6.07) is 81.7. The van der Waals surface area contributed by atoms with Gasteiger partial charge in [-0.15, -0.1) is 0 Å². The van der Waals surface area contributed by atoms with Crippen molar-refractivity contribution in [3.63, 3.8) is 0 Å². The first-order chi connectivity index (χ1) is 63.5. The Balaban J connectivity index is 0.000000168. The summed E-state index contributed by atoms with van der Waals surface area (Å²) in [6.45, 7) is 11.3. The van der Waals surface area contributed by atoms with Crippen LogP contribution in [-0.4, -0.2) is 116 Å². The third-order valence-corrected chi connectivity index (χ3v) is 26.1. The van der Waals surface area contributed by atoms with Crippen LogP contribution in [0.1, 0.15) is 113 Å². The van der Waals surface area contributed by atoms with Crippen LogP contribution >= 0.6 is 0 Å². The van der Waals surface area contributed by atoms with Crippen molar-refractivity contribution in [1.82, 2.24) is 32.4 Å². The number of anilines is 3. The molecule has 132 heavy (non-hydrogen) atoms. The zero-order chi connectivity index (χ0) is 93.8. The monoisotopic (exact) mass is 1840 g/mol.